The molecule has 4 nitrogen and oxygen atoms in total. The lowest BCUT2D eigenvalue weighted by atomic mass is 9.79. The van der Waals surface area contributed by atoms with Gasteiger partial charge in [-0.2, -0.15) is 4.98 Å². The number of aryl methyl sites for hydroxylation is 1. The number of para-hydroxylation sites is 2. The van der Waals surface area contributed by atoms with Crippen molar-refractivity contribution in [3.05, 3.63) is 59.7 Å². The van der Waals surface area contributed by atoms with Crippen LogP contribution >= 0.6 is 0 Å². The SMILES string of the molecule is OC1(CNc2nc3ccccc3o2)CCCc2ccccc21. The summed E-state index contributed by atoms with van der Waals surface area (Å²) in [7, 11) is 0. The first-order valence-electron chi connectivity index (χ1n) is 7.65. The molecule has 0 saturated carbocycles. The van der Waals surface area contributed by atoms with Crippen molar-refractivity contribution in [2.75, 3.05) is 11.9 Å². The van der Waals surface area contributed by atoms with Crippen molar-refractivity contribution in [3.8, 4) is 0 Å². The average molecular weight is 294 g/mol. The summed E-state index contributed by atoms with van der Waals surface area (Å²) in [4.78, 5) is 4.40. The van der Waals surface area contributed by atoms with E-state index in [0.29, 0.717) is 12.6 Å². The third-order valence-electron chi connectivity index (χ3n) is 4.38. The zero-order valence-corrected chi connectivity index (χ0v) is 12.2. The molecule has 0 spiro atoms. The Morgan fingerprint density at radius 3 is 2.86 bits per heavy atom. The maximum Gasteiger partial charge on any atom is 0.295 e. The zero-order chi connectivity index (χ0) is 15.0. The van der Waals surface area contributed by atoms with Gasteiger partial charge in [0.15, 0.2) is 5.58 Å². The molecule has 1 atom stereocenters. The number of aliphatic hydroxyl groups is 1. The lowest BCUT2D eigenvalue weighted by Gasteiger charge is -2.34. The summed E-state index contributed by atoms with van der Waals surface area (Å²) in [6.07, 6.45) is 2.77. The van der Waals surface area contributed by atoms with Crippen LogP contribution in [0.25, 0.3) is 11.1 Å². The summed E-state index contributed by atoms with van der Waals surface area (Å²) in [5, 5.41) is 14.2. The number of fused-ring (bicyclic) bond motifs is 2. The monoisotopic (exact) mass is 294 g/mol. The molecule has 4 rings (SSSR count). The Hall–Kier alpha value is -2.33. The molecule has 1 aliphatic carbocycles. The van der Waals surface area contributed by atoms with Crippen LogP contribution in [0.15, 0.2) is 52.9 Å². The second kappa shape index (κ2) is 5.14. The molecule has 0 saturated heterocycles. The summed E-state index contributed by atoms with van der Waals surface area (Å²) in [5.74, 6) is 0. The number of anilines is 1. The van der Waals surface area contributed by atoms with Gasteiger partial charge in [-0.25, -0.2) is 0 Å². The van der Waals surface area contributed by atoms with Crippen molar-refractivity contribution in [2.24, 2.45) is 0 Å². The van der Waals surface area contributed by atoms with Crippen molar-refractivity contribution in [3.63, 3.8) is 0 Å². The lowest BCUT2D eigenvalue weighted by Crippen LogP contribution is -2.37. The number of hydrogen-bond donors (Lipinski definition) is 2. The molecule has 1 unspecified atom stereocenters. The van der Waals surface area contributed by atoms with E-state index in [2.05, 4.69) is 16.4 Å². The van der Waals surface area contributed by atoms with Crippen LogP contribution in [0.5, 0.6) is 0 Å². The van der Waals surface area contributed by atoms with Crippen molar-refractivity contribution < 1.29 is 9.52 Å². The highest BCUT2D eigenvalue weighted by atomic mass is 16.4. The minimum Gasteiger partial charge on any atom is -0.424 e. The summed E-state index contributed by atoms with van der Waals surface area (Å²) in [6.45, 7) is 0.400. The van der Waals surface area contributed by atoms with Crippen molar-refractivity contribution in [1.29, 1.82) is 0 Å². The van der Waals surface area contributed by atoms with Crippen LogP contribution in [0.4, 0.5) is 6.01 Å². The van der Waals surface area contributed by atoms with E-state index in [0.717, 1.165) is 35.9 Å². The molecule has 22 heavy (non-hydrogen) atoms. The van der Waals surface area contributed by atoms with E-state index in [1.54, 1.807) is 0 Å². The number of hydrogen-bond acceptors (Lipinski definition) is 4. The lowest BCUT2D eigenvalue weighted by molar-refractivity contribution is 0.0318. The molecule has 1 aromatic heterocycles. The third-order valence-corrected chi connectivity index (χ3v) is 4.38. The van der Waals surface area contributed by atoms with Gasteiger partial charge in [-0.15, -0.1) is 0 Å². The van der Waals surface area contributed by atoms with Gasteiger partial charge < -0.3 is 14.8 Å². The van der Waals surface area contributed by atoms with Crippen molar-refractivity contribution in [2.45, 2.75) is 24.9 Å². The molecule has 2 N–H and O–H groups in total. The minimum absolute atomic E-state index is 0.400. The van der Waals surface area contributed by atoms with Crippen LogP contribution in [0.3, 0.4) is 0 Å². The van der Waals surface area contributed by atoms with Gasteiger partial charge in [-0.1, -0.05) is 36.4 Å². The minimum atomic E-state index is -0.866. The van der Waals surface area contributed by atoms with Crippen LogP contribution < -0.4 is 5.32 Å². The van der Waals surface area contributed by atoms with Gasteiger partial charge in [0, 0.05) is 0 Å². The Balaban J connectivity index is 1.58. The Labute approximate surface area is 128 Å². The van der Waals surface area contributed by atoms with Gasteiger partial charge in [0.2, 0.25) is 0 Å². The predicted molar refractivity (Wildman–Crippen MR) is 85.8 cm³/mol. The molecule has 4 heteroatoms. The second-order valence-electron chi connectivity index (χ2n) is 5.88. The Kier molecular flexibility index (Phi) is 3.12. The van der Waals surface area contributed by atoms with Gasteiger partial charge in [-0.05, 0) is 42.5 Å². The van der Waals surface area contributed by atoms with Crippen LogP contribution in [0, 0.1) is 0 Å². The highest BCUT2D eigenvalue weighted by molar-refractivity contribution is 5.74. The normalized spacial score (nSPS) is 20.8. The Morgan fingerprint density at radius 2 is 1.95 bits per heavy atom. The van der Waals surface area contributed by atoms with Crippen LogP contribution in [-0.2, 0) is 12.0 Å². The van der Waals surface area contributed by atoms with Crippen molar-refractivity contribution in [1.82, 2.24) is 4.98 Å². The third kappa shape index (κ3) is 2.25. The molecule has 112 valence electrons. The van der Waals surface area contributed by atoms with Crippen LogP contribution in [0.1, 0.15) is 24.0 Å². The first kappa shape index (κ1) is 13.3. The summed E-state index contributed by atoms with van der Waals surface area (Å²) in [6, 6.07) is 16.2. The zero-order valence-electron chi connectivity index (χ0n) is 12.2. The standard InChI is InChI=1S/C18H18N2O2/c21-18(11-5-7-13-6-1-2-8-14(13)18)12-19-17-20-15-9-3-4-10-16(15)22-17/h1-4,6,8-10,21H,5,7,11-12H2,(H,19,20). The fourth-order valence-corrected chi connectivity index (χ4v) is 3.25. The van der Waals surface area contributed by atoms with Crippen LogP contribution in [-0.4, -0.2) is 16.6 Å². The van der Waals surface area contributed by atoms with Gasteiger partial charge in [0.05, 0.1) is 6.54 Å². The summed E-state index contributed by atoms with van der Waals surface area (Å²) < 4.78 is 5.66. The molecule has 3 aromatic rings. The Morgan fingerprint density at radius 1 is 1.14 bits per heavy atom. The second-order valence-corrected chi connectivity index (χ2v) is 5.88. The molecule has 0 bridgehead atoms. The molecule has 1 aliphatic rings. The van der Waals surface area contributed by atoms with E-state index < -0.39 is 5.60 Å². The topological polar surface area (TPSA) is 58.3 Å². The average Bonchev–Trinajstić information content (AvgIpc) is 2.97. The molecular formula is C18H18N2O2. The van der Waals surface area contributed by atoms with Crippen LogP contribution in [0.2, 0.25) is 0 Å². The number of benzene rings is 2. The quantitative estimate of drug-likeness (QED) is 0.776. The smallest absolute Gasteiger partial charge is 0.295 e. The highest BCUT2D eigenvalue weighted by Gasteiger charge is 2.34. The predicted octanol–water partition coefficient (Wildman–Crippen LogP) is 3.46. The fourth-order valence-electron chi connectivity index (χ4n) is 3.25. The Bertz CT molecular complexity index is 778. The molecule has 0 radical (unpaired) electrons. The molecule has 0 amide bonds. The van der Waals surface area contributed by atoms with E-state index in [9.17, 15) is 5.11 Å². The van der Waals surface area contributed by atoms with Crippen molar-refractivity contribution >= 4 is 17.1 Å². The molecule has 1 heterocycles. The van der Waals surface area contributed by atoms with E-state index in [1.807, 2.05) is 42.5 Å². The fraction of sp³-hybridized carbons (Fsp3) is 0.278. The van der Waals surface area contributed by atoms with Gasteiger partial charge in [0.1, 0.15) is 11.1 Å². The van der Waals surface area contributed by atoms with E-state index >= 15 is 0 Å². The number of nitrogens with one attached hydrogen (secondary N) is 1. The number of aromatic nitrogens is 1. The molecule has 0 aliphatic heterocycles. The number of nitrogens with zero attached hydrogens (tertiary/aromatic N) is 1. The van der Waals surface area contributed by atoms with Gasteiger partial charge >= 0.3 is 0 Å². The van der Waals surface area contributed by atoms with Gasteiger partial charge in [0.25, 0.3) is 6.01 Å². The van der Waals surface area contributed by atoms with Gasteiger partial charge in [-0.3, -0.25) is 0 Å². The van der Waals surface area contributed by atoms with E-state index in [4.69, 9.17) is 4.42 Å². The van der Waals surface area contributed by atoms with E-state index in [-0.39, 0.29) is 0 Å². The maximum absolute atomic E-state index is 11.0. The maximum atomic E-state index is 11.0. The summed E-state index contributed by atoms with van der Waals surface area (Å²) >= 11 is 0. The molecule has 0 fully saturated rings. The van der Waals surface area contributed by atoms with E-state index in [1.165, 1.54) is 5.56 Å². The first-order valence-corrected chi connectivity index (χ1v) is 7.65. The largest absolute Gasteiger partial charge is 0.424 e. The number of rotatable bonds is 3. The summed E-state index contributed by atoms with van der Waals surface area (Å²) in [5.41, 5.74) is 2.96. The number of oxazole rings is 1. The molecule has 2 aromatic carbocycles. The first-order chi connectivity index (χ1) is 10.7. The molecular weight excluding hydrogens is 276 g/mol. The highest BCUT2D eigenvalue weighted by Crippen LogP contribution is 2.35.